The fourth-order valence-electron chi connectivity index (χ4n) is 6.25. The maximum atomic E-state index is 14.7. The number of halogens is 1. The molecule has 1 aliphatic carbocycles. The summed E-state index contributed by atoms with van der Waals surface area (Å²) in [4.78, 5) is 14.9. The second kappa shape index (κ2) is 14.2. The van der Waals surface area contributed by atoms with E-state index in [0.717, 1.165) is 64.2 Å². The Balaban J connectivity index is 1.28. The van der Waals surface area contributed by atoms with Gasteiger partial charge in [0, 0.05) is 42.5 Å². The summed E-state index contributed by atoms with van der Waals surface area (Å²) in [7, 11) is 4.02. The molecule has 238 valence electrons. The van der Waals surface area contributed by atoms with Gasteiger partial charge in [0.25, 0.3) is 0 Å². The van der Waals surface area contributed by atoms with Crippen molar-refractivity contribution in [1.29, 1.82) is 0 Å². The maximum absolute atomic E-state index is 14.7. The summed E-state index contributed by atoms with van der Waals surface area (Å²) >= 11 is 0. The average Bonchev–Trinajstić information content (AvgIpc) is 3.81. The van der Waals surface area contributed by atoms with Crippen LogP contribution in [0.5, 0.6) is 0 Å². The normalized spacial score (nSPS) is 14.6. The molecular formula is C37H43FN8. The van der Waals surface area contributed by atoms with Crippen LogP contribution >= 0.6 is 0 Å². The number of imidazole rings is 1. The van der Waals surface area contributed by atoms with Gasteiger partial charge in [-0.1, -0.05) is 43.7 Å². The van der Waals surface area contributed by atoms with Crippen LogP contribution in [-0.2, 0) is 0 Å². The molecule has 4 N–H and O–H groups in total. The van der Waals surface area contributed by atoms with Crippen molar-refractivity contribution in [3.8, 4) is 22.6 Å². The summed E-state index contributed by atoms with van der Waals surface area (Å²) in [5, 5.41) is 15.7. The lowest BCUT2D eigenvalue weighted by molar-refractivity contribution is 0.425. The van der Waals surface area contributed by atoms with Gasteiger partial charge in [0.05, 0.1) is 22.7 Å². The molecule has 0 atom stereocenters. The first-order valence-corrected chi connectivity index (χ1v) is 16.1. The number of nitrogens with one attached hydrogen (secondary N) is 4. The molecule has 1 fully saturated rings. The molecule has 0 aliphatic heterocycles. The summed E-state index contributed by atoms with van der Waals surface area (Å²) < 4.78 is 14.7. The third-order valence-electron chi connectivity index (χ3n) is 8.76. The number of benzene rings is 2. The first kappa shape index (κ1) is 31.4. The molecule has 3 heterocycles. The van der Waals surface area contributed by atoms with Gasteiger partial charge < -0.3 is 20.5 Å². The molecule has 1 aliphatic rings. The smallest absolute Gasteiger partial charge is 0.159 e. The number of rotatable bonds is 13. The molecule has 5 aromatic rings. The van der Waals surface area contributed by atoms with Crippen molar-refractivity contribution in [1.82, 2.24) is 35.4 Å². The minimum atomic E-state index is -0.318. The van der Waals surface area contributed by atoms with Crippen LogP contribution in [0.15, 0.2) is 79.2 Å². The predicted molar refractivity (Wildman–Crippen MR) is 188 cm³/mol. The SMILES string of the molecule is C=C/C(=C\C(=C/C)c1ccc2[nH]nc(-c3nc4c(-c5cc(F)cc(NCCN(C)C)c5)cncc4[nH]3)c2c1)CNCC1CCCC1. The zero-order chi connectivity index (χ0) is 32.0. The Labute approximate surface area is 269 Å². The van der Waals surface area contributed by atoms with Crippen LogP contribution in [0.4, 0.5) is 10.1 Å². The molecule has 46 heavy (non-hydrogen) atoms. The van der Waals surface area contributed by atoms with E-state index in [9.17, 15) is 4.39 Å². The maximum Gasteiger partial charge on any atom is 0.159 e. The first-order chi connectivity index (χ1) is 22.4. The Bertz CT molecular complexity index is 1890. The molecule has 0 spiro atoms. The van der Waals surface area contributed by atoms with E-state index < -0.39 is 0 Å². The number of fused-ring (bicyclic) bond motifs is 2. The number of hydrogen-bond acceptors (Lipinski definition) is 6. The monoisotopic (exact) mass is 618 g/mol. The van der Waals surface area contributed by atoms with Crippen LogP contribution in [-0.4, -0.2) is 70.3 Å². The van der Waals surface area contributed by atoms with Crippen LogP contribution in [0.25, 0.3) is 50.2 Å². The third kappa shape index (κ3) is 7.11. The second-order valence-corrected chi connectivity index (χ2v) is 12.4. The number of aromatic nitrogens is 5. The first-order valence-electron chi connectivity index (χ1n) is 16.1. The van der Waals surface area contributed by atoms with Gasteiger partial charge in [-0.15, -0.1) is 0 Å². The minimum absolute atomic E-state index is 0.318. The average molecular weight is 619 g/mol. The number of hydrogen-bond donors (Lipinski definition) is 4. The van der Waals surface area contributed by atoms with Gasteiger partial charge in [-0.3, -0.25) is 10.1 Å². The van der Waals surface area contributed by atoms with Crippen LogP contribution in [0.1, 0.15) is 38.2 Å². The van der Waals surface area contributed by atoms with E-state index in [1.807, 2.05) is 26.2 Å². The van der Waals surface area contributed by atoms with Gasteiger partial charge in [-0.05, 0) is 98.9 Å². The number of pyridine rings is 1. The number of aromatic amines is 2. The summed E-state index contributed by atoms with van der Waals surface area (Å²) in [5.41, 5.74) is 8.61. The zero-order valence-electron chi connectivity index (χ0n) is 27.0. The van der Waals surface area contributed by atoms with Gasteiger partial charge in [0.2, 0.25) is 0 Å². The topological polar surface area (TPSA) is 97.6 Å². The largest absolute Gasteiger partial charge is 0.384 e. The molecule has 0 bridgehead atoms. The van der Waals surface area contributed by atoms with E-state index in [1.54, 1.807) is 12.4 Å². The standard InChI is InChI=1S/C37H43FN8/c1-5-24(20-39-21-25-9-7-8-10-25)15-26(6-2)27-11-12-33-31(18-27)36(45-44-33)37-42-34-23-40-22-32(35(34)43-37)28-16-29(38)19-30(17-28)41-13-14-46(3)4/h5-6,11-12,15-19,22-23,25,39,41H,1,7-10,13-14,20-21H2,2-4H3,(H,42,43)(H,44,45)/b24-15+,26-6+. The number of H-pyrrole nitrogens is 2. The molecule has 2 aromatic carbocycles. The number of likely N-dealkylation sites (N-methyl/N-ethyl adjacent to an activating group) is 1. The van der Waals surface area contributed by atoms with Crippen molar-refractivity contribution in [3.63, 3.8) is 0 Å². The van der Waals surface area contributed by atoms with Crippen LogP contribution in [0, 0.1) is 11.7 Å². The number of allylic oxidation sites excluding steroid dienone is 3. The molecule has 3 aromatic heterocycles. The van der Waals surface area contributed by atoms with Gasteiger partial charge in [-0.2, -0.15) is 5.10 Å². The minimum Gasteiger partial charge on any atom is -0.384 e. The van der Waals surface area contributed by atoms with Crippen LogP contribution in [0.2, 0.25) is 0 Å². The Morgan fingerprint density at radius 1 is 1.11 bits per heavy atom. The van der Waals surface area contributed by atoms with Gasteiger partial charge in [0.1, 0.15) is 11.5 Å². The highest BCUT2D eigenvalue weighted by Gasteiger charge is 2.18. The number of anilines is 1. The van der Waals surface area contributed by atoms with E-state index in [-0.39, 0.29) is 5.82 Å². The highest BCUT2D eigenvalue weighted by atomic mass is 19.1. The van der Waals surface area contributed by atoms with E-state index >= 15 is 0 Å². The fraction of sp³-hybridized carbons (Fsp3) is 0.324. The Kier molecular flexibility index (Phi) is 9.71. The van der Waals surface area contributed by atoms with Crippen molar-refractivity contribution in [3.05, 3.63) is 90.6 Å². The van der Waals surface area contributed by atoms with Crippen LogP contribution < -0.4 is 10.6 Å². The molecular weight excluding hydrogens is 575 g/mol. The Morgan fingerprint density at radius 3 is 2.74 bits per heavy atom. The summed E-state index contributed by atoms with van der Waals surface area (Å²) in [5.74, 6) is 1.09. The number of nitrogens with zero attached hydrogens (tertiary/aromatic N) is 4. The lowest BCUT2D eigenvalue weighted by atomic mass is 10.00. The van der Waals surface area contributed by atoms with E-state index in [2.05, 4.69) is 79.6 Å². The fourth-order valence-corrected chi connectivity index (χ4v) is 6.25. The van der Waals surface area contributed by atoms with Gasteiger partial charge in [-0.25, -0.2) is 9.37 Å². The van der Waals surface area contributed by atoms with Gasteiger partial charge >= 0.3 is 0 Å². The molecule has 8 nitrogen and oxygen atoms in total. The summed E-state index contributed by atoms with van der Waals surface area (Å²) in [6, 6.07) is 11.3. The van der Waals surface area contributed by atoms with Crippen molar-refractivity contribution in [2.45, 2.75) is 32.6 Å². The van der Waals surface area contributed by atoms with Crippen molar-refractivity contribution in [2.24, 2.45) is 5.92 Å². The van der Waals surface area contributed by atoms with Gasteiger partial charge in [0.15, 0.2) is 5.82 Å². The highest BCUT2D eigenvalue weighted by Crippen LogP contribution is 2.33. The lowest BCUT2D eigenvalue weighted by Gasteiger charge is -2.12. The Hall–Kier alpha value is -4.60. The predicted octanol–water partition coefficient (Wildman–Crippen LogP) is 7.58. The molecule has 9 heteroatoms. The molecule has 0 saturated heterocycles. The van der Waals surface area contributed by atoms with E-state index in [4.69, 9.17) is 4.98 Å². The molecule has 0 radical (unpaired) electrons. The summed E-state index contributed by atoms with van der Waals surface area (Å²) in [6.45, 7) is 9.53. The lowest BCUT2D eigenvalue weighted by Crippen LogP contribution is -2.23. The van der Waals surface area contributed by atoms with Crippen LogP contribution in [0.3, 0.4) is 0 Å². The zero-order valence-corrected chi connectivity index (χ0v) is 27.0. The Morgan fingerprint density at radius 2 is 1.96 bits per heavy atom. The highest BCUT2D eigenvalue weighted by molar-refractivity contribution is 5.98. The second-order valence-electron chi connectivity index (χ2n) is 12.4. The van der Waals surface area contributed by atoms with E-state index in [0.29, 0.717) is 34.8 Å². The molecule has 0 unspecified atom stereocenters. The molecule has 6 rings (SSSR count). The van der Waals surface area contributed by atoms with Crippen molar-refractivity contribution >= 4 is 33.2 Å². The quantitative estimate of drug-likeness (QED) is 0.102. The third-order valence-corrected chi connectivity index (χ3v) is 8.76. The van der Waals surface area contributed by atoms with Crippen molar-refractivity contribution in [2.75, 3.05) is 45.6 Å². The molecule has 0 amide bonds. The summed E-state index contributed by atoms with van der Waals surface area (Å²) in [6.07, 6.45) is 15.1. The molecule has 1 saturated carbocycles. The van der Waals surface area contributed by atoms with E-state index in [1.165, 1.54) is 37.8 Å². The van der Waals surface area contributed by atoms with Crippen molar-refractivity contribution < 1.29 is 4.39 Å².